The number of carboxylic acid groups (broad SMARTS) is 1. The predicted octanol–water partition coefficient (Wildman–Crippen LogP) is 4.86. The van der Waals surface area contributed by atoms with Gasteiger partial charge in [-0.25, -0.2) is 8.42 Å². The van der Waals surface area contributed by atoms with Crippen molar-refractivity contribution < 1.29 is 23.1 Å². The van der Waals surface area contributed by atoms with E-state index in [4.69, 9.17) is 5.11 Å². The highest BCUT2D eigenvalue weighted by molar-refractivity contribution is 8.04. The molecule has 180 valence electrons. The zero-order valence-electron chi connectivity index (χ0n) is 19.2. The fourth-order valence-corrected chi connectivity index (χ4v) is 6.22. The lowest BCUT2D eigenvalue weighted by Crippen LogP contribution is -2.18. The molecular formula is C26H24N2O5S2. The molecular weight excluding hydrogens is 484 g/mol. The molecule has 0 atom stereocenters. The molecule has 1 aliphatic rings. The van der Waals surface area contributed by atoms with Crippen LogP contribution in [-0.4, -0.2) is 31.9 Å². The molecule has 0 saturated heterocycles. The van der Waals surface area contributed by atoms with E-state index < -0.39 is 15.8 Å². The molecule has 0 unspecified atom stereocenters. The lowest BCUT2D eigenvalue weighted by molar-refractivity contribution is -0.134. The average molecular weight is 509 g/mol. The van der Waals surface area contributed by atoms with Gasteiger partial charge in [-0.3, -0.25) is 9.59 Å². The molecule has 3 aromatic rings. The van der Waals surface area contributed by atoms with E-state index in [1.54, 1.807) is 42.5 Å². The SMILES string of the molecule is Cc1cccc(C)c1CS(=O)(=O)c1ccc2c(c1)NC(=O)C(=Cc1ccc(NCC(=O)O)cc1)S2. The van der Waals surface area contributed by atoms with E-state index in [0.29, 0.717) is 16.3 Å². The monoisotopic (exact) mass is 508 g/mol. The van der Waals surface area contributed by atoms with E-state index in [0.717, 1.165) is 27.1 Å². The van der Waals surface area contributed by atoms with Crippen LogP contribution in [0.2, 0.25) is 0 Å². The number of anilines is 2. The molecule has 1 heterocycles. The quantitative estimate of drug-likeness (QED) is 0.391. The summed E-state index contributed by atoms with van der Waals surface area (Å²) in [6.45, 7) is 3.61. The van der Waals surface area contributed by atoms with Crippen LogP contribution < -0.4 is 10.6 Å². The Morgan fingerprint density at radius 3 is 2.40 bits per heavy atom. The number of carbonyl (C=O) groups excluding carboxylic acids is 1. The van der Waals surface area contributed by atoms with Crippen LogP contribution in [0.1, 0.15) is 22.3 Å². The van der Waals surface area contributed by atoms with Crippen molar-refractivity contribution in [2.75, 3.05) is 17.2 Å². The first-order valence-corrected chi connectivity index (χ1v) is 13.3. The summed E-state index contributed by atoms with van der Waals surface area (Å²) in [6, 6.07) is 17.5. The summed E-state index contributed by atoms with van der Waals surface area (Å²) in [4.78, 5) is 24.8. The molecule has 0 aromatic heterocycles. The van der Waals surface area contributed by atoms with Gasteiger partial charge >= 0.3 is 5.97 Å². The Balaban J connectivity index is 1.53. The smallest absolute Gasteiger partial charge is 0.322 e. The average Bonchev–Trinajstić information content (AvgIpc) is 2.81. The van der Waals surface area contributed by atoms with Gasteiger partial charge in [-0.1, -0.05) is 42.1 Å². The topological polar surface area (TPSA) is 113 Å². The van der Waals surface area contributed by atoms with Gasteiger partial charge in [0.25, 0.3) is 5.91 Å². The van der Waals surface area contributed by atoms with E-state index in [-0.39, 0.29) is 23.1 Å². The highest BCUT2D eigenvalue weighted by Crippen LogP contribution is 2.40. The van der Waals surface area contributed by atoms with E-state index >= 15 is 0 Å². The summed E-state index contributed by atoms with van der Waals surface area (Å²) in [5.74, 6) is -1.38. The van der Waals surface area contributed by atoms with Crippen molar-refractivity contribution in [1.29, 1.82) is 0 Å². The molecule has 9 heteroatoms. The van der Waals surface area contributed by atoms with Crippen molar-refractivity contribution in [2.45, 2.75) is 29.4 Å². The van der Waals surface area contributed by atoms with Crippen molar-refractivity contribution in [2.24, 2.45) is 0 Å². The van der Waals surface area contributed by atoms with E-state index in [1.165, 1.54) is 17.8 Å². The third-order valence-corrected chi connectivity index (χ3v) is 8.37. The van der Waals surface area contributed by atoms with E-state index in [2.05, 4.69) is 10.6 Å². The number of benzene rings is 3. The number of hydrogen-bond donors (Lipinski definition) is 3. The second kappa shape index (κ2) is 9.97. The van der Waals surface area contributed by atoms with Gasteiger partial charge in [0.1, 0.15) is 6.54 Å². The normalized spacial score (nSPS) is 14.3. The maximum Gasteiger partial charge on any atom is 0.322 e. The Morgan fingerprint density at radius 2 is 1.74 bits per heavy atom. The number of sulfone groups is 1. The minimum Gasteiger partial charge on any atom is -0.480 e. The van der Waals surface area contributed by atoms with E-state index in [9.17, 15) is 18.0 Å². The highest BCUT2D eigenvalue weighted by atomic mass is 32.2. The maximum atomic E-state index is 13.1. The van der Waals surface area contributed by atoms with Crippen molar-refractivity contribution in [3.05, 3.63) is 87.8 Å². The lowest BCUT2D eigenvalue weighted by atomic mass is 10.1. The maximum absolute atomic E-state index is 13.1. The summed E-state index contributed by atoms with van der Waals surface area (Å²) >= 11 is 1.27. The molecule has 1 amide bonds. The minimum absolute atomic E-state index is 0.103. The fraction of sp³-hybridized carbons (Fsp3) is 0.154. The number of thioether (sulfide) groups is 1. The Kier molecular flexibility index (Phi) is 7.00. The molecule has 7 nitrogen and oxygen atoms in total. The summed E-state index contributed by atoms with van der Waals surface area (Å²) in [7, 11) is -3.60. The van der Waals surface area contributed by atoms with Gasteiger partial charge in [-0.15, -0.1) is 0 Å². The van der Waals surface area contributed by atoms with Crippen LogP contribution in [-0.2, 0) is 25.2 Å². The van der Waals surface area contributed by atoms with E-state index in [1.807, 2.05) is 32.0 Å². The van der Waals surface area contributed by atoms with Crippen LogP contribution in [0.5, 0.6) is 0 Å². The molecule has 0 fully saturated rings. The second-order valence-electron chi connectivity index (χ2n) is 8.22. The Hall–Kier alpha value is -3.56. The Morgan fingerprint density at radius 1 is 1.06 bits per heavy atom. The van der Waals surface area contributed by atoms with Crippen molar-refractivity contribution in [3.8, 4) is 0 Å². The van der Waals surface area contributed by atoms with Gasteiger partial charge in [0.2, 0.25) is 0 Å². The molecule has 3 N–H and O–H groups in total. The standard InChI is InChI=1S/C26H24N2O5S2/c1-16-4-3-5-17(2)21(16)15-35(32,33)20-10-11-23-22(13-20)28-26(31)24(34-23)12-18-6-8-19(9-7-18)27-14-25(29)30/h3-13,27H,14-15H2,1-2H3,(H,28,31)(H,29,30). The van der Waals surface area contributed by atoms with Gasteiger partial charge in [0.05, 0.1) is 21.2 Å². The number of nitrogens with one attached hydrogen (secondary N) is 2. The van der Waals surface area contributed by atoms with Crippen molar-refractivity contribution >= 4 is 50.9 Å². The number of fused-ring (bicyclic) bond motifs is 1. The van der Waals surface area contributed by atoms with Gasteiger partial charge in [-0.05, 0) is 72.5 Å². The van der Waals surface area contributed by atoms with Crippen LogP contribution in [0, 0.1) is 13.8 Å². The molecule has 3 aromatic carbocycles. The summed E-state index contributed by atoms with van der Waals surface area (Å²) in [5.41, 5.74) is 4.55. The first-order chi connectivity index (χ1) is 16.6. The number of hydrogen-bond acceptors (Lipinski definition) is 6. The van der Waals surface area contributed by atoms with Gasteiger partial charge < -0.3 is 15.7 Å². The molecule has 1 aliphatic heterocycles. The van der Waals surface area contributed by atoms with Crippen LogP contribution in [0.3, 0.4) is 0 Å². The van der Waals surface area contributed by atoms with Crippen LogP contribution in [0.4, 0.5) is 11.4 Å². The number of aryl methyl sites for hydroxylation is 2. The summed E-state index contributed by atoms with van der Waals surface area (Å²) in [6.07, 6.45) is 1.73. The number of rotatable bonds is 7. The van der Waals surface area contributed by atoms with Crippen LogP contribution in [0.25, 0.3) is 6.08 Å². The Labute approximate surface area is 208 Å². The number of carbonyl (C=O) groups is 2. The fourth-order valence-electron chi connectivity index (χ4n) is 3.71. The summed E-state index contributed by atoms with van der Waals surface area (Å²) < 4.78 is 26.2. The predicted molar refractivity (Wildman–Crippen MR) is 138 cm³/mol. The highest BCUT2D eigenvalue weighted by Gasteiger charge is 2.25. The molecule has 35 heavy (non-hydrogen) atoms. The summed E-state index contributed by atoms with van der Waals surface area (Å²) in [5, 5.41) is 14.3. The molecule has 0 aliphatic carbocycles. The number of carboxylic acids is 1. The van der Waals surface area contributed by atoms with Gasteiger partial charge in [0.15, 0.2) is 9.84 Å². The van der Waals surface area contributed by atoms with Crippen molar-refractivity contribution in [1.82, 2.24) is 0 Å². The number of amides is 1. The zero-order chi connectivity index (χ0) is 25.2. The first kappa shape index (κ1) is 24.6. The van der Waals surface area contributed by atoms with Crippen LogP contribution >= 0.6 is 11.8 Å². The minimum atomic E-state index is -3.60. The largest absolute Gasteiger partial charge is 0.480 e. The third kappa shape index (κ3) is 5.75. The third-order valence-electron chi connectivity index (χ3n) is 5.63. The first-order valence-electron chi connectivity index (χ1n) is 10.8. The van der Waals surface area contributed by atoms with Crippen molar-refractivity contribution in [3.63, 3.8) is 0 Å². The van der Waals surface area contributed by atoms with Gasteiger partial charge in [-0.2, -0.15) is 0 Å². The zero-order valence-corrected chi connectivity index (χ0v) is 20.8. The van der Waals surface area contributed by atoms with Crippen LogP contribution in [0.15, 0.2) is 75.4 Å². The molecule has 0 radical (unpaired) electrons. The van der Waals surface area contributed by atoms with Gasteiger partial charge in [0, 0.05) is 10.6 Å². The lowest BCUT2D eigenvalue weighted by Gasteiger charge is -2.20. The number of aliphatic carboxylic acids is 1. The molecule has 4 rings (SSSR count). The second-order valence-corrected chi connectivity index (χ2v) is 11.3. The molecule has 0 spiro atoms. The molecule has 0 bridgehead atoms. The molecule has 0 saturated carbocycles. The Bertz CT molecular complexity index is 1420.